The summed E-state index contributed by atoms with van der Waals surface area (Å²) in [6, 6.07) is 10.7. The molecule has 1 atom stereocenters. The molecular weight excluding hydrogens is 290 g/mol. The van der Waals surface area contributed by atoms with E-state index < -0.39 is 22.0 Å². The molecule has 6 heteroatoms. The minimum absolute atomic E-state index is 0.0132. The van der Waals surface area contributed by atoms with Crippen molar-refractivity contribution in [3.63, 3.8) is 0 Å². The zero-order valence-corrected chi connectivity index (χ0v) is 12.0. The van der Waals surface area contributed by atoms with E-state index in [4.69, 9.17) is 5.11 Å². The third kappa shape index (κ3) is 3.29. The molecule has 0 unspecified atom stereocenters. The molecular formula is C15H15NO4S. The lowest BCUT2D eigenvalue weighted by molar-refractivity contribution is -0.138. The predicted molar refractivity (Wildman–Crippen MR) is 80.5 cm³/mol. The van der Waals surface area contributed by atoms with E-state index in [1.54, 1.807) is 30.3 Å². The number of carboxylic acid groups (broad SMARTS) is 1. The van der Waals surface area contributed by atoms with Crippen LogP contribution in [0.4, 0.5) is 0 Å². The molecule has 0 aliphatic heterocycles. The Kier molecular flexibility index (Phi) is 4.40. The monoisotopic (exact) mass is 305 g/mol. The third-order valence-corrected chi connectivity index (χ3v) is 4.57. The van der Waals surface area contributed by atoms with E-state index in [0.717, 1.165) is 5.39 Å². The van der Waals surface area contributed by atoms with Crippen LogP contribution in [0.3, 0.4) is 0 Å². The molecule has 2 N–H and O–H groups in total. The van der Waals surface area contributed by atoms with Crippen molar-refractivity contribution < 1.29 is 18.3 Å². The summed E-state index contributed by atoms with van der Waals surface area (Å²) in [5, 5.41) is 10.4. The fraction of sp³-hybridized carbons (Fsp3) is 0.133. The lowest BCUT2D eigenvalue weighted by Crippen LogP contribution is -2.40. The van der Waals surface area contributed by atoms with Crippen LogP contribution in [0.5, 0.6) is 0 Å². The molecule has 0 bridgehead atoms. The Bertz CT molecular complexity index is 778. The van der Waals surface area contributed by atoms with Crippen molar-refractivity contribution in [2.75, 3.05) is 0 Å². The van der Waals surface area contributed by atoms with Gasteiger partial charge in [-0.05, 0) is 17.9 Å². The number of nitrogens with one attached hydrogen (secondary N) is 1. The number of carbonyl (C=O) groups is 1. The number of carboxylic acids is 1. The summed E-state index contributed by atoms with van der Waals surface area (Å²) < 4.78 is 27.1. The second-order valence-corrected chi connectivity index (χ2v) is 6.20. The topological polar surface area (TPSA) is 83.5 Å². The van der Waals surface area contributed by atoms with Gasteiger partial charge in [-0.3, -0.25) is 4.79 Å². The molecule has 0 spiro atoms. The van der Waals surface area contributed by atoms with Crippen molar-refractivity contribution in [3.8, 4) is 0 Å². The van der Waals surface area contributed by atoms with Crippen LogP contribution in [0.25, 0.3) is 10.8 Å². The number of fused-ring (bicyclic) bond motifs is 1. The van der Waals surface area contributed by atoms with Crippen LogP contribution in [0.15, 0.2) is 60.0 Å². The minimum Gasteiger partial charge on any atom is -0.480 e. The van der Waals surface area contributed by atoms with E-state index in [1.165, 1.54) is 12.1 Å². The Morgan fingerprint density at radius 1 is 1.24 bits per heavy atom. The first-order chi connectivity index (χ1) is 9.95. The van der Waals surface area contributed by atoms with Crippen LogP contribution < -0.4 is 4.72 Å². The van der Waals surface area contributed by atoms with Gasteiger partial charge in [-0.15, -0.1) is 6.58 Å². The summed E-state index contributed by atoms with van der Waals surface area (Å²) in [7, 11) is -3.93. The molecule has 0 amide bonds. The molecule has 0 saturated carbocycles. The van der Waals surface area contributed by atoms with Gasteiger partial charge in [0.2, 0.25) is 10.0 Å². The number of rotatable bonds is 6. The molecule has 0 heterocycles. The van der Waals surface area contributed by atoms with Crippen molar-refractivity contribution >= 4 is 26.8 Å². The number of aliphatic carboxylic acids is 1. The first-order valence-corrected chi connectivity index (χ1v) is 7.78. The normalized spacial score (nSPS) is 13.0. The Labute approximate surface area is 123 Å². The van der Waals surface area contributed by atoms with Gasteiger partial charge in [0.25, 0.3) is 0 Å². The van der Waals surface area contributed by atoms with Crippen LogP contribution in [-0.4, -0.2) is 25.5 Å². The van der Waals surface area contributed by atoms with Gasteiger partial charge in [0, 0.05) is 5.39 Å². The van der Waals surface area contributed by atoms with Crippen molar-refractivity contribution in [3.05, 3.63) is 55.1 Å². The van der Waals surface area contributed by atoms with Crippen LogP contribution in [-0.2, 0) is 14.8 Å². The summed E-state index contributed by atoms with van der Waals surface area (Å²) in [5.41, 5.74) is 0. The lowest BCUT2D eigenvalue weighted by Gasteiger charge is -2.14. The zero-order valence-electron chi connectivity index (χ0n) is 11.2. The van der Waals surface area contributed by atoms with Crippen molar-refractivity contribution in [2.45, 2.75) is 17.4 Å². The van der Waals surface area contributed by atoms with E-state index in [9.17, 15) is 13.2 Å². The molecule has 21 heavy (non-hydrogen) atoms. The molecule has 0 aromatic heterocycles. The molecule has 5 nitrogen and oxygen atoms in total. The van der Waals surface area contributed by atoms with Gasteiger partial charge in [0.05, 0.1) is 4.90 Å². The summed E-state index contributed by atoms with van der Waals surface area (Å²) >= 11 is 0. The average Bonchev–Trinajstić information content (AvgIpc) is 2.46. The maximum atomic E-state index is 12.4. The molecule has 2 aromatic rings. The zero-order chi connectivity index (χ0) is 15.5. The Hall–Kier alpha value is -2.18. The highest BCUT2D eigenvalue weighted by Gasteiger charge is 2.25. The SMILES string of the molecule is C=CC[C@@H](NS(=O)(=O)c1cccc2ccccc12)C(=O)O. The summed E-state index contributed by atoms with van der Waals surface area (Å²) in [6.07, 6.45) is 1.38. The van der Waals surface area contributed by atoms with E-state index >= 15 is 0 Å². The second-order valence-electron chi connectivity index (χ2n) is 4.51. The highest BCUT2D eigenvalue weighted by atomic mass is 32.2. The van der Waals surface area contributed by atoms with Crippen molar-refractivity contribution in [2.24, 2.45) is 0 Å². The molecule has 0 saturated heterocycles. The summed E-state index contributed by atoms with van der Waals surface area (Å²) in [5.74, 6) is -1.24. The van der Waals surface area contributed by atoms with E-state index in [2.05, 4.69) is 11.3 Å². The van der Waals surface area contributed by atoms with E-state index in [1.807, 2.05) is 6.07 Å². The summed E-state index contributed by atoms with van der Waals surface area (Å²) in [4.78, 5) is 11.2. The maximum Gasteiger partial charge on any atom is 0.322 e. The largest absolute Gasteiger partial charge is 0.480 e. The van der Waals surface area contributed by atoms with Gasteiger partial charge >= 0.3 is 5.97 Å². The lowest BCUT2D eigenvalue weighted by atomic mass is 10.1. The molecule has 2 aromatic carbocycles. The highest BCUT2D eigenvalue weighted by Crippen LogP contribution is 2.22. The van der Waals surface area contributed by atoms with Crippen molar-refractivity contribution in [1.29, 1.82) is 0 Å². The Morgan fingerprint density at radius 2 is 1.90 bits per heavy atom. The standard InChI is InChI=1S/C15H15NO4S/c1-2-6-13(15(17)18)16-21(19,20)14-10-5-8-11-7-3-4-9-12(11)14/h2-5,7-10,13,16H,1,6H2,(H,17,18)/t13-/m1/s1. The molecule has 0 radical (unpaired) electrons. The fourth-order valence-corrected chi connectivity index (χ4v) is 3.48. The molecule has 0 aliphatic carbocycles. The first-order valence-electron chi connectivity index (χ1n) is 6.29. The van der Waals surface area contributed by atoms with E-state index in [0.29, 0.717) is 5.39 Å². The van der Waals surface area contributed by atoms with Gasteiger partial charge < -0.3 is 5.11 Å². The Balaban J connectivity index is 2.47. The first kappa shape index (κ1) is 15.2. The maximum absolute atomic E-state index is 12.4. The van der Waals surface area contributed by atoms with Gasteiger partial charge in [-0.2, -0.15) is 4.72 Å². The predicted octanol–water partition coefficient (Wildman–Crippen LogP) is 2.15. The number of benzene rings is 2. The van der Waals surface area contributed by atoms with E-state index in [-0.39, 0.29) is 11.3 Å². The molecule has 0 fully saturated rings. The van der Waals surface area contributed by atoms with Crippen LogP contribution in [0, 0.1) is 0 Å². The van der Waals surface area contributed by atoms with Crippen LogP contribution in [0.1, 0.15) is 6.42 Å². The van der Waals surface area contributed by atoms with Crippen LogP contribution >= 0.6 is 0 Å². The van der Waals surface area contributed by atoms with Gasteiger partial charge in [0.15, 0.2) is 0 Å². The molecule has 0 aliphatic rings. The fourth-order valence-electron chi connectivity index (χ4n) is 2.05. The molecule has 2 rings (SSSR count). The van der Waals surface area contributed by atoms with Gasteiger partial charge in [-0.1, -0.05) is 42.5 Å². The molecule has 110 valence electrons. The number of hydrogen-bond acceptors (Lipinski definition) is 3. The van der Waals surface area contributed by atoms with Crippen molar-refractivity contribution in [1.82, 2.24) is 4.72 Å². The average molecular weight is 305 g/mol. The summed E-state index contributed by atoms with van der Waals surface area (Å²) in [6.45, 7) is 3.44. The quantitative estimate of drug-likeness (QED) is 0.801. The second kappa shape index (κ2) is 6.07. The smallest absolute Gasteiger partial charge is 0.322 e. The minimum atomic E-state index is -3.93. The highest BCUT2D eigenvalue weighted by molar-refractivity contribution is 7.89. The van der Waals surface area contributed by atoms with Crippen LogP contribution in [0.2, 0.25) is 0 Å². The van der Waals surface area contributed by atoms with Gasteiger partial charge in [0.1, 0.15) is 6.04 Å². The Morgan fingerprint density at radius 3 is 2.57 bits per heavy atom. The third-order valence-electron chi connectivity index (χ3n) is 3.04. The number of hydrogen-bond donors (Lipinski definition) is 2. The number of sulfonamides is 1. The van der Waals surface area contributed by atoms with Gasteiger partial charge in [-0.25, -0.2) is 8.42 Å².